The fraction of sp³-hybridized carbons (Fsp3) is 0.500. The van der Waals surface area contributed by atoms with Gasteiger partial charge < -0.3 is 4.85 Å². The van der Waals surface area contributed by atoms with Gasteiger partial charge in [0.2, 0.25) is 6.54 Å². The largest absolute Gasteiger partial charge is 0.317 e. The van der Waals surface area contributed by atoms with Gasteiger partial charge in [-0.15, -0.1) is 0 Å². The van der Waals surface area contributed by atoms with Crippen LogP contribution in [0.5, 0.6) is 0 Å². The van der Waals surface area contributed by atoms with Crippen LogP contribution in [0, 0.1) is 19.7 Å². The Balaban J connectivity index is 3.20. The SMILES string of the molecule is [C-]#[N+]CCC[Si]([CH])([CH])Cl. The minimum absolute atomic E-state index is 0.482. The van der Waals surface area contributed by atoms with E-state index in [4.69, 9.17) is 30.7 Å². The van der Waals surface area contributed by atoms with Crippen LogP contribution in [0.2, 0.25) is 6.04 Å². The maximum atomic E-state index is 6.43. The normalized spacial score (nSPS) is 10.9. The zero-order valence-corrected chi connectivity index (χ0v) is 6.86. The van der Waals surface area contributed by atoms with Crippen molar-refractivity contribution in [1.82, 2.24) is 0 Å². The average Bonchev–Trinajstić information content (AvgIpc) is 1.63. The average molecular weight is 158 g/mol. The van der Waals surface area contributed by atoms with Crippen LogP contribution in [0.25, 0.3) is 4.85 Å². The summed E-state index contributed by atoms with van der Waals surface area (Å²) in [6.07, 6.45) is 0.728. The maximum absolute atomic E-state index is 6.43. The van der Waals surface area contributed by atoms with Gasteiger partial charge in [-0.25, -0.2) is 6.57 Å². The Morgan fingerprint density at radius 2 is 2.11 bits per heavy atom. The van der Waals surface area contributed by atoms with Crippen molar-refractivity contribution in [2.24, 2.45) is 0 Å². The molecule has 0 aliphatic heterocycles. The van der Waals surface area contributed by atoms with E-state index in [1.165, 1.54) is 0 Å². The topological polar surface area (TPSA) is 4.36 Å². The van der Waals surface area contributed by atoms with Crippen LogP contribution < -0.4 is 0 Å². The molecule has 0 aromatic heterocycles. The minimum atomic E-state index is -2.37. The highest BCUT2D eigenvalue weighted by atomic mass is 35.6. The van der Waals surface area contributed by atoms with E-state index in [0.29, 0.717) is 12.6 Å². The van der Waals surface area contributed by atoms with Crippen LogP contribution in [0.3, 0.4) is 0 Å². The fourth-order valence-electron chi connectivity index (χ4n) is 0.429. The molecule has 0 saturated carbocycles. The summed E-state index contributed by atoms with van der Waals surface area (Å²) in [5, 5.41) is 0. The Morgan fingerprint density at radius 1 is 1.56 bits per heavy atom. The molecular weight excluding hydrogens is 150 g/mol. The highest BCUT2D eigenvalue weighted by molar-refractivity contribution is 7.22. The molecule has 0 spiro atoms. The van der Waals surface area contributed by atoms with Gasteiger partial charge in [-0.3, -0.25) is 0 Å². The van der Waals surface area contributed by atoms with E-state index in [1.54, 1.807) is 0 Å². The van der Waals surface area contributed by atoms with Gasteiger partial charge >= 0.3 is 0 Å². The summed E-state index contributed by atoms with van der Waals surface area (Å²) >= 11 is 5.56. The lowest BCUT2D eigenvalue weighted by molar-refractivity contribution is 1.01. The second-order valence-corrected chi connectivity index (χ2v) is 6.38. The van der Waals surface area contributed by atoms with Crippen LogP contribution in [0.1, 0.15) is 6.42 Å². The molecular formula is C6H8ClNSi. The quantitative estimate of drug-likeness (QED) is 0.256. The molecule has 0 saturated heterocycles. The molecule has 48 valence electrons. The zero-order chi connectivity index (χ0) is 7.33. The lowest BCUT2D eigenvalue weighted by atomic mass is 10.5. The van der Waals surface area contributed by atoms with E-state index >= 15 is 0 Å². The van der Waals surface area contributed by atoms with Crippen molar-refractivity contribution in [3.63, 3.8) is 0 Å². The summed E-state index contributed by atoms with van der Waals surface area (Å²) in [5.74, 6) is 0. The molecule has 0 amide bonds. The third-order valence-electron chi connectivity index (χ3n) is 0.830. The van der Waals surface area contributed by atoms with Crippen molar-refractivity contribution in [3.05, 3.63) is 24.5 Å². The Kier molecular flexibility index (Phi) is 3.92. The van der Waals surface area contributed by atoms with Crippen LogP contribution in [-0.4, -0.2) is 13.9 Å². The molecule has 1 nitrogen and oxygen atoms in total. The van der Waals surface area contributed by atoms with Gasteiger partial charge in [0.25, 0.3) is 0 Å². The van der Waals surface area contributed by atoms with E-state index in [-0.39, 0.29) is 0 Å². The number of rotatable bonds is 3. The Labute approximate surface area is 62.6 Å². The van der Waals surface area contributed by atoms with Gasteiger partial charge in [-0.05, 0) is 19.1 Å². The second kappa shape index (κ2) is 3.92. The van der Waals surface area contributed by atoms with Crippen molar-refractivity contribution < 1.29 is 0 Å². The first-order chi connectivity index (χ1) is 4.06. The second-order valence-electron chi connectivity index (χ2n) is 1.91. The molecule has 0 rings (SSSR count). The monoisotopic (exact) mass is 157 g/mol. The molecule has 0 aliphatic carbocycles. The van der Waals surface area contributed by atoms with Crippen LogP contribution in [0.15, 0.2) is 0 Å². The molecule has 3 heteroatoms. The molecule has 0 unspecified atom stereocenters. The molecule has 0 aromatic carbocycles. The third-order valence-corrected chi connectivity index (χ3v) is 2.52. The van der Waals surface area contributed by atoms with Gasteiger partial charge in [0.1, 0.15) is 0 Å². The zero-order valence-electron chi connectivity index (χ0n) is 5.10. The van der Waals surface area contributed by atoms with Crippen molar-refractivity contribution in [2.75, 3.05) is 6.54 Å². The summed E-state index contributed by atoms with van der Waals surface area (Å²) in [6, 6.07) is 0.622. The van der Waals surface area contributed by atoms with Crippen LogP contribution in [0.4, 0.5) is 0 Å². The van der Waals surface area contributed by atoms with Crippen LogP contribution >= 0.6 is 11.1 Å². The van der Waals surface area contributed by atoms with Crippen molar-refractivity contribution in [1.29, 1.82) is 0 Å². The van der Waals surface area contributed by atoms with E-state index in [9.17, 15) is 0 Å². The summed E-state index contributed by atoms with van der Waals surface area (Å²) in [4.78, 5) is 3.14. The summed E-state index contributed by atoms with van der Waals surface area (Å²) < 4.78 is 0. The lowest BCUT2D eigenvalue weighted by Gasteiger charge is -2.07. The highest BCUT2D eigenvalue weighted by Crippen LogP contribution is 2.13. The smallest absolute Gasteiger partial charge is 0.214 e. The molecule has 9 heavy (non-hydrogen) atoms. The lowest BCUT2D eigenvalue weighted by Crippen LogP contribution is -2.17. The van der Waals surface area contributed by atoms with Crippen molar-refractivity contribution in [2.45, 2.75) is 12.5 Å². The maximum Gasteiger partial charge on any atom is 0.214 e. The Bertz CT molecular complexity index is 111. The first-order valence-electron chi connectivity index (χ1n) is 2.66. The summed E-state index contributed by atoms with van der Waals surface area (Å²) in [7, 11) is -2.37. The predicted molar refractivity (Wildman–Crippen MR) is 41.1 cm³/mol. The van der Waals surface area contributed by atoms with E-state index in [0.717, 1.165) is 6.42 Å². The van der Waals surface area contributed by atoms with Gasteiger partial charge in [0, 0.05) is 6.42 Å². The Hall–Kier alpha value is -0.00312. The predicted octanol–water partition coefficient (Wildman–Crippen LogP) is 1.98. The van der Waals surface area contributed by atoms with E-state index < -0.39 is 7.38 Å². The molecule has 0 bridgehead atoms. The molecule has 4 radical (unpaired) electrons. The van der Waals surface area contributed by atoms with E-state index in [1.807, 2.05) is 0 Å². The molecule has 0 N–H and O–H groups in total. The van der Waals surface area contributed by atoms with Gasteiger partial charge in [-0.2, -0.15) is 11.1 Å². The van der Waals surface area contributed by atoms with Gasteiger partial charge in [0.15, 0.2) is 7.38 Å². The highest BCUT2D eigenvalue weighted by Gasteiger charge is 2.16. The van der Waals surface area contributed by atoms with E-state index in [2.05, 4.69) is 4.85 Å². The van der Waals surface area contributed by atoms with Crippen molar-refractivity contribution >= 4 is 18.5 Å². The standard InChI is InChI=1S/C6H8ClNSi/c1-8-5-4-6-9(2,3)7/h2-3H,4-6H2. The molecule has 0 aromatic rings. The van der Waals surface area contributed by atoms with Gasteiger partial charge in [0.05, 0.1) is 0 Å². The van der Waals surface area contributed by atoms with Crippen LogP contribution in [-0.2, 0) is 0 Å². The molecule has 0 aliphatic rings. The third kappa shape index (κ3) is 8.00. The fourth-order valence-corrected chi connectivity index (χ4v) is 1.53. The molecule has 0 fully saturated rings. The summed E-state index contributed by atoms with van der Waals surface area (Å²) in [5.41, 5.74) is 0. The Morgan fingerprint density at radius 3 is 2.44 bits per heavy atom. The van der Waals surface area contributed by atoms with Crippen molar-refractivity contribution in [3.8, 4) is 0 Å². The van der Waals surface area contributed by atoms with Gasteiger partial charge in [-0.1, -0.05) is 0 Å². The number of hydrogen-bond donors (Lipinski definition) is 0. The number of nitrogens with zero attached hydrogens (tertiary/aromatic N) is 1. The molecule has 0 atom stereocenters. The number of hydrogen-bond acceptors (Lipinski definition) is 0. The molecule has 0 heterocycles. The first-order valence-corrected chi connectivity index (χ1v) is 6.03. The minimum Gasteiger partial charge on any atom is -0.317 e. The summed E-state index contributed by atoms with van der Waals surface area (Å²) in [6.45, 7) is 17.6. The first kappa shape index (κ1) is 9.00. The number of halogens is 1.